The smallest absolute Gasteiger partial charge is 0.253 e. The summed E-state index contributed by atoms with van der Waals surface area (Å²) in [5.41, 5.74) is 1.82. The van der Waals surface area contributed by atoms with Gasteiger partial charge in [-0.25, -0.2) is 13.6 Å². The number of sulfonamides is 1. The number of hydrogen-bond donors (Lipinski definition) is 1. The van der Waals surface area contributed by atoms with Crippen molar-refractivity contribution in [3.8, 4) is 0 Å². The van der Waals surface area contributed by atoms with Crippen LogP contribution >= 0.6 is 0 Å². The van der Waals surface area contributed by atoms with Gasteiger partial charge >= 0.3 is 0 Å². The summed E-state index contributed by atoms with van der Waals surface area (Å²) in [5, 5.41) is 5.12. The fourth-order valence-electron chi connectivity index (χ4n) is 3.84. The molecule has 3 heterocycles. The first-order valence-electron chi connectivity index (χ1n) is 9.03. The topological polar surface area (TPSA) is 83.7 Å². The minimum Gasteiger partial charge on any atom is -0.337 e. The van der Waals surface area contributed by atoms with E-state index >= 15 is 0 Å². The molecule has 2 bridgehead atoms. The molecule has 2 atom stereocenters. The Balaban J connectivity index is 1.74. The molecule has 2 N–H and O–H groups in total. The highest BCUT2D eigenvalue weighted by Gasteiger charge is 2.36. The molecule has 0 saturated carbocycles. The van der Waals surface area contributed by atoms with Crippen molar-refractivity contribution in [3.63, 3.8) is 0 Å². The van der Waals surface area contributed by atoms with Crippen LogP contribution < -0.4 is 5.14 Å². The van der Waals surface area contributed by atoms with Crippen molar-refractivity contribution in [1.82, 2.24) is 9.80 Å². The van der Waals surface area contributed by atoms with Crippen molar-refractivity contribution in [2.24, 2.45) is 11.1 Å². The van der Waals surface area contributed by atoms with E-state index in [2.05, 4.69) is 24.8 Å². The zero-order chi connectivity index (χ0) is 18.9. The number of carbonyl (C=O) groups excluding carboxylic acids is 1. The van der Waals surface area contributed by atoms with E-state index in [1.54, 1.807) is 12.1 Å². The number of allylic oxidation sites excluding steroid dienone is 1. The van der Waals surface area contributed by atoms with Crippen molar-refractivity contribution in [2.45, 2.75) is 37.6 Å². The second-order valence-electron chi connectivity index (χ2n) is 7.61. The molecule has 3 aliphatic heterocycles. The van der Waals surface area contributed by atoms with Crippen LogP contribution in [0, 0.1) is 5.92 Å². The lowest BCUT2D eigenvalue weighted by molar-refractivity contribution is 0.0740. The van der Waals surface area contributed by atoms with E-state index in [1.165, 1.54) is 17.7 Å². The fourth-order valence-corrected chi connectivity index (χ4v) is 4.35. The Morgan fingerprint density at radius 3 is 2.46 bits per heavy atom. The molecule has 6 nitrogen and oxygen atoms in total. The molecule has 1 aromatic rings. The maximum atomic E-state index is 12.9. The van der Waals surface area contributed by atoms with E-state index in [9.17, 15) is 13.2 Å². The number of amides is 1. The average Bonchev–Trinajstić information content (AvgIpc) is 2.90. The third-order valence-electron chi connectivity index (χ3n) is 5.28. The molecule has 0 aromatic heterocycles. The van der Waals surface area contributed by atoms with E-state index < -0.39 is 10.0 Å². The van der Waals surface area contributed by atoms with E-state index in [-0.39, 0.29) is 10.8 Å². The lowest BCUT2D eigenvalue weighted by atomic mass is 9.95. The van der Waals surface area contributed by atoms with Gasteiger partial charge in [-0.1, -0.05) is 11.6 Å². The second-order valence-corrected chi connectivity index (χ2v) is 9.17. The van der Waals surface area contributed by atoms with Crippen molar-refractivity contribution < 1.29 is 13.2 Å². The predicted molar refractivity (Wildman–Crippen MR) is 101 cm³/mol. The number of nitrogens with two attached hydrogens (primary N) is 1. The normalized spacial score (nSPS) is 23.6. The van der Waals surface area contributed by atoms with Gasteiger partial charge < -0.3 is 4.90 Å². The Hall–Kier alpha value is -1.70. The van der Waals surface area contributed by atoms with Crippen LogP contribution in [0.3, 0.4) is 0 Å². The lowest BCUT2D eigenvalue weighted by Gasteiger charge is -2.35. The first kappa shape index (κ1) is 19.1. The Bertz CT molecular complexity index is 798. The number of hydrogen-bond acceptors (Lipinski definition) is 4. The lowest BCUT2D eigenvalue weighted by Crippen LogP contribution is -2.44. The SMILES string of the molecule is CC(C)=CCN1C[C@@H]2CC[C@H]1CN(C(=O)c1ccc(S(N)(=O)=O)cc1)C2. The number of primary sulfonamides is 1. The maximum absolute atomic E-state index is 12.9. The number of fused-ring (bicyclic) bond motifs is 4. The zero-order valence-electron chi connectivity index (χ0n) is 15.4. The van der Waals surface area contributed by atoms with Gasteiger partial charge in [0.2, 0.25) is 10.0 Å². The molecule has 0 radical (unpaired) electrons. The predicted octanol–water partition coefficient (Wildman–Crippen LogP) is 1.84. The zero-order valence-corrected chi connectivity index (χ0v) is 16.2. The molecule has 3 saturated heterocycles. The van der Waals surface area contributed by atoms with E-state index in [1.807, 2.05) is 4.90 Å². The summed E-state index contributed by atoms with van der Waals surface area (Å²) in [5.74, 6) is 0.457. The van der Waals surface area contributed by atoms with Gasteiger partial charge in [0, 0.05) is 37.8 Å². The third kappa shape index (κ3) is 4.34. The van der Waals surface area contributed by atoms with Crippen LogP contribution in [0.2, 0.25) is 0 Å². The molecule has 0 aliphatic carbocycles. The molecular weight excluding hydrogens is 350 g/mol. The van der Waals surface area contributed by atoms with Crippen LogP contribution in [0.15, 0.2) is 40.8 Å². The summed E-state index contributed by atoms with van der Waals surface area (Å²) >= 11 is 0. The van der Waals surface area contributed by atoms with Crippen molar-refractivity contribution in [1.29, 1.82) is 0 Å². The Morgan fingerprint density at radius 2 is 1.85 bits per heavy atom. The minimum atomic E-state index is -3.74. The van der Waals surface area contributed by atoms with Gasteiger partial charge in [0.15, 0.2) is 0 Å². The highest BCUT2D eigenvalue weighted by molar-refractivity contribution is 7.89. The number of benzene rings is 1. The number of piperidine rings is 1. The van der Waals surface area contributed by atoms with Crippen LogP contribution in [-0.2, 0) is 10.0 Å². The van der Waals surface area contributed by atoms with E-state index in [0.29, 0.717) is 17.5 Å². The third-order valence-corrected chi connectivity index (χ3v) is 6.21. The Labute approximate surface area is 155 Å². The number of rotatable bonds is 4. The summed E-state index contributed by atoms with van der Waals surface area (Å²) in [4.78, 5) is 17.4. The standard InChI is InChI=1S/C19H27N3O3S/c1-14(2)9-10-21-11-15-3-6-17(21)13-22(12-15)19(23)16-4-7-18(8-5-16)26(20,24)25/h4-5,7-9,15,17H,3,6,10-13H2,1-2H3,(H2,20,24,25)/t15-,17-/m0/s1. The highest BCUT2D eigenvalue weighted by Crippen LogP contribution is 2.29. The monoisotopic (exact) mass is 377 g/mol. The van der Waals surface area contributed by atoms with Crippen LogP contribution in [0.5, 0.6) is 0 Å². The highest BCUT2D eigenvalue weighted by atomic mass is 32.2. The maximum Gasteiger partial charge on any atom is 0.253 e. The molecule has 3 aliphatic rings. The molecule has 26 heavy (non-hydrogen) atoms. The number of nitrogens with zero attached hydrogens (tertiary/aromatic N) is 2. The molecule has 4 rings (SSSR count). The van der Waals surface area contributed by atoms with Gasteiger partial charge in [-0.2, -0.15) is 0 Å². The summed E-state index contributed by atoms with van der Waals surface area (Å²) in [6, 6.07) is 6.29. The van der Waals surface area contributed by atoms with Crippen LogP contribution in [0.1, 0.15) is 37.0 Å². The first-order chi connectivity index (χ1) is 12.2. The van der Waals surface area contributed by atoms with Gasteiger partial charge in [0.1, 0.15) is 0 Å². The molecule has 142 valence electrons. The summed E-state index contributed by atoms with van der Waals surface area (Å²) in [6.07, 6.45) is 4.53. The van der Waals surface area contributed by atoms with Crippen LogP contribution in [0.4, 0.5) is 0 Å². The van der Waals surface area contributed by atoms with Crippen molar-refractivity contribution in [2.75, 3.05) is 26.2 Å². The number of carbonyl (C=O) groups is 1. The van der Waals surface area contributed by atoms with E-state index in [4.69, 9.17) is 5.14 Å². The molecular formula is C19H27N3O3S. The molecule has 3 fully saturated rings. The van der Waals surface area contributed by atoms with Gasteiger partial charge in [0.25, 0.3) is 5.91 Å². The molecule has 1 aromatic carbocycles. The van der Waals surface area contributed by atoms with Gasteiger partial charge in [-0.3, -0.25) is 9.69 Å². The van der Waals surface area contributed by atoms with Crippen molar-refractivity contribution >= 4 is 15.9 Å². The Morgan fingerprint density at radius 1 is 1.15 bits per heavy atom. The van der Waals surface area contributed by atoms with Gasteiger partial charge in [0.05, 0.1) is 4.90 Å². The van der Waals surface area contributed by atoms with E-state index in [0.717, 1.165) is 39.0 Å². The Kier molecular flexibility index (Phi) is 5.50. The van der Waals surface area contributed by atoms with Gasteiger partial charge in [-0.05, 0) is 56.9 Å². The summed E-state index contributed by atoms with van der Waals surface area (Å²) in [7, 11) is -3.74. The molecule has 0 unspecified atom stereocenters. The molecule has 1 amide bonds. The van der Waals surface area contributed by atoms with Crippen LogP contribution in [0.25, 0.3) is 0 Å². The second kappa shape index (κ2) is 7.50. The van der Waals surface area contributed by atoms with Gasteiger partial charge in [-0.15, -0.1) is 0 Å². The average molecular weight is 378 g/mol. The molecule has 7 heteroatoms. The quantitative estimate of drug-likeness (QED) is 0.812. The van der Waals surface area contributed by atoms with Crippen LogP contribution in [-0.4, -0.2) is 56.3 Å². The summed E-state index contributed by atoms with van der Waals surface area (Å²) < 4.78 is 22.7. The largest absolute Gasteiger partial charge is 0.337 e. The fraction of sp³-hybridized carbons (Fsp3) is 0.526. The minimum absolute atomic E-state index is 0.0258. The first-order valence-corrected chi connectivity index (χ1v) is 10.6. The summed E-state index contributed by atoms with van der Waals surface area (Å²) in [6.45, 7) is 7.67. The van der Waals surface area contributed by atoms with Crippen molar-refractivity contribution in [3.05, 3.63) is 41.5 Å². The molecule has 0 spiro atoms.